The van der Waals surface area contributed by atoms with Gasteiger partial charge in [-0.15, -0.1) is 0 Å². The number of hydrogen-bond donors (Lipinski definition) is 1. The van der Waals surface area contributed by atoms with Crippen LogP contribution in [-0.2, 0) is 20.2 Å². The molecule has 1 heterocycles. The number of carbonyl (C=O) groups is 2. The SMILES string of the molecule is CC1(c2ccc3ccccc3c2)NC(=O)N(CCS(=O)(=O)c2ccc(Br)cc2)C1=O. The number of imide groups is 1. The topological polar surface area (TPSA) is 83.6 Å². The lowest BCUT2D eigenvalue weighted by Crippen LogP contribution is -2.41. The molecule has 6 nitrogen and oxygen atoms in total. The molecule has 0 aliphatic carbocycles. The number of sulfone groups is 1. The second-order valence-corrected chi connectivity index (χ2v) is 10.4. The molecule has 0 radical (unpaired) electrons. The fourth-order valence-electron chi connectivity index (χ4n) is 3.57. The summed E-state index contributed by atoms with van der Waals surface area (Å²) in [5, 5.41) is 4.71. The Bertz CT molecular complexity index is 1260. The van der Waals surface area contributed by atoms with E-state index in [4.69, 9.17) is 0 Å². The molecule has 8 heteroatoms. The predicted octanol–water partition coefficient (Wildman–Crippen LogP) is 3.84. The average Bonchev–Trinajstić information content (AvgIpc) is 2.95. The maximum atomic E-state index is 13.1. The van der Waals surface area contributed by atoms with E-state index in [0.29, 0.717) is 5.56 Å². The minimum Gasteiger partial charge on any atom is -0.319 e. The van der Waals surface area contributed by atoms with Crippen LogP contribution in [0.25, 0.3) is 10.8 Å². The third-order valence-electron chi connectivity index (χ3n) is 5.36. The first kappa shape index (κ1) is 20.6. The predicted molar refractivity (Wildman–Crippen MR) is 118 cm³/mol. The minimum atomic E-state index is -3.64. The lowest BCUT2D eigenvalue weighted by atomic mass is 9.90. The van der Waals surface area contributed by atoms with Gasteiger partial charge in [-0.3, -0.25) is 9.69 Å². The van der Waals surface area contributed by atoms with E-state index in [2.05, 4.69) is 21.2 Å². The smallest absolute Gasteiger partial charge is 0.319 e. The molecule has 1 fully saturated rings. The molecule has 0 spiro atoms. The van der Waals surface area contributed by atoms with Gasteiger partial charge in [0, 0.05) is 11.0 Å². The van der Waals surface area contributed by atoms with Gasteiger partial charge < -0.3 is 5.32 Å². The molecule has 1 N–H and O–H groups in total. The van der Waals surface area contributed by atoms with Crippen molar-refractivity contribution in [3.63, 3.8) is 0 Å². The fraction of sp³-hybridized carbons (Fsp3) is 0.182. The van der Waals surface area contributed by atoms with Crippen molar-refractivity contribution in [1.82, 2.24) is 10.2 Å². The van der Waals surface area contributed by atoms with Crippen LogP contribution in [0.4, 0.5) is 4.79 Å². The molecule has 4 rings (SSSR count). The highest BCUT2D eigenvalue weighted by atomic mass is 79.9. The summed E-state index contributed by atoms with van der Waals surface area (Å²) >= 11 is 3.27. The number of amides is 3. The molecular formula is C22H19BrN2O4S. The number of nitrogens with zero attached hydrogens (tertiary/aromatic N) is 1. The molecule has 1 unspecified atom stereocenters. The van der Waals surface area contributed by atoms with E-state index in [0.717, 1.165) is 20.1 Å². The van der Waals surface area contributed by atoms with Gasteiger partial charge in [0.1, 0.15) is 5.54 Å². The van der Waals surface area contributed by atoms with E-state index >= 15 is 0 Å². The second-order valence-electron chi connectivity index (χ2n) is 7.35. The van der Waals surface area contributed by atoms with Gasteiger partial charge in [0.25, 0.3) is 5.91 Å². The van der Waals surface area contributed by atoms with Crippen molar-refractivity contribution in [2.45, 2.75) is 17.4 Å². The quantitative estimate of drug-likeness (QED) is 0.555. The highest BCUT2D eigenvalue weighted by molar-refractivity contribution is 9.10. The van der Waals surface area contributed by atoms with Crippen LogP contribution in [0.15, 0.2) is 76.1 Å². The zero-order valence-corrected chi connectivity index (χ0v) is 18.5. The third-order valence-corrected chi connectivity index (χ3v) is 7.60. The maximum Gasteiger partial charge on any atom is 0.325 e. The first-order chi connectivity index (χ1) is 14.2. The summed E-state index contributed by atoms with van der Waals surface area (Å²) in [6.45, 7) is 1.42. The van der Waals surface area contributed by atoms with Crippen molar-refractivity contribution in [3.8, 4) is 0 Å². The molecule has 0 bridgehead atoms. The van der Waals surface area contributed by atoms with Crippen molar-refractivity contribution >= 4 is 48.5 Å². The second kappa shape index (κ2) is 7.52. The average molecular weight is 487 g/mol. The van der Waals surface area contributed by atoms with Crippen molar-refractivity contribution < 1.29 is 18.0 Å². The molecule has 1 saturated heterocycles. The van der Waals surface area contributed by atoms with Gasteiger partial charge in [-0.1, -0.05) is 52.3 Å². The first-order valence-electron chi connectivity index (χ1n) is 9.32. The van der Waals surface area contributed by atoms with Gasteiger partial charge in [0.2, 0.25) is 0 Å². The Kier molecular flexibility index (Phi) is 5.15. The molecule has 1 aliphatic heterocycles. The van der Waals surface area contributed by atoms with Gasteiger partial charge in [-0.25, -0.2) is 13.2 Å². The molecule has 0 saturated carbocycles. The van der Waals surface area contributed by atoms with Crippen molar-refractivity contribution in [1.29, 1.82) is 0 Å². The van der Waals surface area contributed by atoms with Crippen LogP contribution in [0, 0.1) is 0 Å². The van der Waals surface area contributed by atoms with E-state index in [1.54, 1.807) is 19.1 Å². The van der Waals surface area contributed by atoms with E-state index < -0.39 is 27.3 Å². The molecular weight excluding hydrogens is 468 g/mol. The number of nitrogens with one attached hydrogen (secondary N) is 1. The summed E-state index contributed by atoms with van der Waals surface area (Å²) in [6, 6.07) is 19.0. The van der Waals surface area contributed by atoms with Gasteiger partial charge in [-0.2, -0.15) is 0 Å². The van der Waals surface area contributed by atoms with Crippen molar-refractivity contribution in [3.05, 3.63) is 76.8 Å². The highest BCUT2D eigenvalue weighted by Crippen LogP contribution is 2.31. The highest BCUT2D eigenvalue weighted by Gasteiger charge is 2.49. The third kappa shape index (κ3) is 3.61. The number of halogens is 1. The van der Waals surface area contributed by atoms with Crippen LogP contribution in [0.1, 0.15) is 12.5 Å². The van der Waals surface area contributed by atoms with Crippen LogP contribution >= 0.6 is 15.9 Å². The summed E-state index contributed by atoms with van der Waals surface area (Å²) in [4.78, 5) is 26.8. The number of benzene rings is 3. The number of urea groups is 1. The van der Waals surface area contributed by atoms with Crippen LogP contribution in [0.5, 0.6) is 0 Å². The van der Waals surface area contributed by atoms with E-state index in [1.807, 2.05) is 42.5 Å². The Labute approximate surface area is 182 Å². The van der Waals surface area contributed by atoms with Gasteiger partial charge in [0.15, 0.2) is 9.84 Å². The number of rotatable bonds is 5. The first-order valence-corrected chi connectivity index (χ1v) is 11.8. The zero-order valence-electron chi connectivity index (χ0n) is 16.1. The molecule has 3 aromatic carbocycles. The van der Waals surface area contributed by atoms with Crippen molar-refractivity contribution in [2.75, 3.05) is 12.3 Å². The Morgan fingerprint density at radius 1 is 0.967 bits per heavy atom. The van der Waals surface area contributed by atoms with Crippen LogP contribution in [0.3, 0.4) is 0 Å². The Morgan fingerprint density at radius 3 is 2.33 bits per heavy atom. The number of hydrogen-bond acceptors (Lipinski definition) is 4. The number of fused-ring (bicyclic) bond motifs is 1. The number of carbonyl (C=O) groups excluding carboxylic acids is 2. The maximum absolute atomic E-state index is 13.1. The summed E-state index contributed by atoms with van der Waals surface area (Å²) < 4.78 is 26.0. The van der Waals surface area contributed by atoms with E-state index in [1.165, 1.54) is 12.1 Å². The minimum absolute atomic E-state index is 0.148. The zero-order chi connectivity index (χ0) is 21.5. The van der Waals surface area contributed by atoms with Crippen molar-refractivity contribution in [2.24, 2.45) is 0 Å². The Morgan fingerprint density at radius 2 is 1.63 bits per heavy atom. The molecule has 3 aromatic rings. The summed E-state index contributed by atoms with van der Waals surface area (Å²) in [5.74, 6) is -0.810. The molecule has 3 amide bonds. The summed E-state index contributed by atoms with van der Waals surface area (Å²) in [5.41, 5.74) is -0.597. The molecule has 30 heavy (non-hydrogen) atoms. The van der Waals surface area contributed by atoms with Crippen LogP contribution in [0.2, 0.25) is 0 Å². The standard InChI is InChI=1S/C22H19BrN2O4S/c1-22(17-7-6-15-4-2-3-5-16(15)14-17)20(26)25(21(27)24-22)12-13-30(28,29)19-10-8-18(23)9-11-19/h2-11,14H,12-13H2,1H3,(H,24,27). The Balaban J connectivity index is 1.56. The normalized spacial score (nSPS) is 19.3. The molecule has 1 aliphatic rings. The van der Waals surface area contributed by atoms with Crippen LogP contribution < -0.4 is 5.32 Å². The monoisotopic (exact) mass is 486 g/mol. The van der Waals surface area contributed by atoms with Gasteiger partial charge in [-0.05, 0) is 53.6 Å². The van der Waals surface area contributed by atoms with Gasteiger partial charge >= 0.3 is 6.03 Å². The van der Waals surface area contributed by atoms with Gasteiger partial charge in [0.05, 0.1) is 10.6 Å². The van der Waals surface area contributed by atoms with Crippen LogP contribution in [-0.4, -0.2) is 37.6 Å². The molecule has 1 atom stereocenters. The Hall–Kier alpha value is -2.71. The van der Waals surface area contributed by atoms with E-state index in [9.17, 15) is 18.0 Å². The molecule has 0 aromatic heterocycles. The largest absolute Gasteiger partial charge is 0.325 e. The summed E-state index contributed by atoms with van der Waals surface area (Å²) in [6.07, 6.45) is 0. The summed E-state index contributed by atoms with van der Waals surface area (Å²) in [7, 11) is -3.64. The lowest BCUT2D eigenvalue weighted by molar-refractivity contribution is -0.130. The molecule has 154 valence electrons. The van der Waals surface area contributed by atoms with E-state index in [-0.39, 0.29) is 17.2 Å². The fourth-order valence-corrected chi connectivity index (χ4v) is 5.04. The lowest BCUT2D eigenvalue weighted by Gasteiger charge is -2.22.